The van der Waals surface area contributed by atoms with Gasteiger partial charge in [0.2, 0.25) is 0 Å². The van der Waals surface area contributed by atoms with E-state index in [-0.39, 0.29) is 5.91 Å². The predicted molar refractivity (Wildman–Crippen MR) is 78.9 cm³/mol. The lowest BCUT2D eigenvalue weighted by Crippen LogP contribution is -2.43. The minimum absolute atomic E-state index is 0.0814. The SMILES string of the molecule is CCC1CCCCN1C(=O)c1cn2ccc(C)cc2n1. The fraction of sp³-hybridized carbons (Fsp3) is 0.500. The molecule has 0 aromatic carbocycles. The third-order valence-corrected chi connectivity index (χ3v) is 4.19. The number of hydrogen-bond acceptors (Lipinski definition) is 2. The van der Waals surface area contributed by atoms with Crippen LogP contribution < -0.4 is 0 Å². The van der Waals surface area contributed by atoms with Crippen LogP contribution in [0.15, 0.2) is 24.5 Å². The van der Waals surface area contributed by atoms with Crippen LogP contribution in [0.4, 0.5) is 0 Å². The molecule has 2 aromatic rings. The van der Waals surface area contributed by atoms with Crippen molar-refractivity contribution in [3.63, 3.8) is 0 Å². The molecule has 106 valence electrons. The molecule has 1 aliphatic rings. The first kappa shape index (κ1) is 13.2. The summed E-state index contributed by atoms with van der Waals surface area (Å²) in [6.45, 7) is 5.06. The normalized spacial score (nSPS) is 19.5. The number of hydrogen-bond donors (Lipinski definition) is 0. The molecule has 1 amide bonds. The zero-order chi connectivity index (χ0) is 14.1. The number of likely N-dealkylation sites (tertiary alicyclic amines) is 1. The van der Waals surface area contributed by atoms with Crippen LogP contribution in [0, 0.1) is 6.92 Å². The van der Waals surface area contributed by atoms with Gasteiger partial charge in [-0.2, -0.15) is 0 Å². The van der Waals surface area contributed by atoms with Crippen LogP contribution in [0.25, 0.3) is 5.65 Å². The summed E-state index contributed by atoms with van der Waals surface area (Å²) in [5.41, 5.74) is 2.57. The van der Waals surface area contributed by atoms with Crippen LogP contribution in [0.3, 0.4) is 0 Å². The Bertz CT molecular complexity index is 632. The Morgan fingerprint density at radius 2 is 2.30 bits per heavy atom. The molecule has 1 unspecified atom stereocenters. The molecule has 1 fully saturated rings. The van der Waals surface area contributed by atoms with Gasteiger partial charge < -0.3 is 9.30 Å². The number of aromatic nitrogens is 2. The number of amides is 1. The van der Waals surface area contributed by atoms with Crippen molar-refractivity contribution in [2.24, 2.45) is 0 Å². The van der Waals surface area contributed by atoms with E-state index in [9.17, 15) is 4.79 Å². The van der Waals surface area contributed by atoms with Crippen LogP contribution in [-0.4, -0.2) is 32.8 Å². The third-order valence-electron chi connectivity index (χ3n) is 4.19. The molecule has 4 nitrogen and oxygen atoms in total. The van der Waals surface area contributed by atoms with Crippen molar-refractivity contribution in [1.82, 2.24) is 14.3 Å². The first-order chi connectivity index (χ1) is 9.69. The van der Waals surface area contributed by atoms with E-state index in [1.165, 1.54) is 6.42 Å². The number of aryl methyl sites for hydroxylation is 1. The molecule has 0 spiro atoms. The fourth-order valence-electron chi connectivity index (χ4n) is 3.03. The Hall–Kier alpha value is -1.84. The van der Waals surface area contributed by atoms with Gasteiger partial charge in [-0.25, -0.2) is 4.98 Å². The molecular formula is C16H21N3O. The second-order valence-corrected chi connectivity index (χ2v) is 5.65. The summed E-state index contributed by atoms with van der Waals surface area (Å²) in [6.07, 6.45) is 8.29. The highest BCUT2D eigenvalue weighted by atomic mass is 16.2. The molecule has 3 rings (SSSR count). The van der Waals surface area contributed by atoms with E-state index in [0.29, 0.717) is 11.7 Å². The van der Waals surface area contributed by atoms with Gasteiger partial charge in [0.15, 0.2) is 0 Å². The molecule has 3 heterocycles. The molecule has 0 N–H and O–H groups in total. The van der Waals surface area contributed by atoms with Crippen molar-refractivity contribution in [2.75, 3.05) is 6.54 Å². The fourth-order valence-corrected chi connectivity index (χ4v) is 3.03. The van der Waals surface area contributed by atoms with E-state index >= 15 is 0 Å². The Morgan fingerprint density at radius 3 is 3.10 bits per heavy atom. The smallest absolute Gasteiger partial charge is 0.274 e. The summed E-state index contributed by atoms with van der Waals surface area (Å²) in [5, 5.41) is 0. The van der Waals surface area contributed by atoms with Gasteiger partial charge in [0.05, 0.1) is 0 Å². The standard InChI is InChI=1S/C16H21N3O/c1-3-13-6-4-5-8-19(13)16(20)14-11-18-9-7-12(2)10-15(18)17-14/h7,9-11,13H,3-6,8H2,1-2H3. The lowest BCUT2D eigenvalue weighted by molar-refractivity contribution is 0.0602. The van der Waals surface area contributed by atoms with E-state index < -0.39 is 0 Å². The minimum atomic E-state index is 0.0814. The largest absolute Gasteiger partial charge is 0.334 e. The van der Waals surface area contributed by atoms with Crippen LogP contribution in [0.2, 0.25) is 0 Å². The number of piperidine rings is 1. The number of fused-ring (bicyclic) bond motifs is 1. The predicted octanol–water partition coefficient (Wildman–Crippen LogP) is 3.05. The van der Waals surface area contributed by atoms with Crippen LogP contribution >= 0.6 is 0 Å². The van der Waals surface area contributed by atoms with Crippen LogP contribution in [0.5, 0.6) is 0 Å². The molecular weight excluding hydrogens is 250 g/mol. The summed E-state index contributed by atoms with van der Waals surface area (Å²) in [4.78, 5) is 19.2. The molecule has 0 radical (unpaired) electrons. The van der Waals surface area contributed by atoms with Crippen molar-refractivity contribution in [2.45, 2.75) is 45.6 Å². The van der Waals surface area contributed by atoms with Gasteiger partial charge in [-0.15, -0.1) is 0 Å². The van der Waals surface area contributed by atoms with E-state index in [1.54, 1.807) is 0 Å². The van der Waals surface area contributed by atoms with Gasteiger partial charge in [0.25, 0.3) is 5.91 Å². The quantitative estimate of drug-likeness (QED) is 0.842. The zero-order valence-corrected chi connectivity index (χ0v) is 12.2. The van der Waals surface area contributed by atoms with Crippen molar-refractivity contribution >= 4 is 11.6 Å². The van der Waals surface area contributed by atoms with Crippen LogP contribution in [-0.2, 0) is 0 Å². The molecule has 20 heavy (non-hydrogen) atoms. The first-order valence-corrected chi connectivity index (χ1v) is 7.45. The highest BCUT2D eigenvalue weighted by Crippen LogP contribution is 2.21. The summed E-state index contributed by atoms with van der Waals surface area (Å²) in [7, 11) is 0. The average molecular weight is 271 g/mol. The summed E-state index contributed by atoms with van der Waals surface area (Å²) in [6, 6.07) is 4.41. The molecule has 0 saturated carbocycles. The maximum atomic E-state index is 12.7. The number of nitrogens with zero attached hydrogens (tertiary/aromatic N) is 3. The molecule has 0 bridgehead atoms. The minimum Gasteiger partial charge on any atom is -0.334 e. The summed E-state index contributed by atoms with van der Waals surface area (Å²) < 4.78 is 1.92. The maximum absolute atomic E-state index is 12.7. The first-order valence-electron chi connectivity index (χ1n) is 7.45. The second kappa shape index (κ2) is 5.27. The number of pyridine rings is 1. The summed E-state index contributed by atoms with van der Waals surface area (Å²) >= 11 is 0. The van der Waals surface area contributed by atoms with Crippen molar-refractivity contribution in [1.29, 1.82) is 0 Å². The van der Waals surface area contributed by atoms with Crippen molar-refractivity contribution < 1.29 is 4.79 Å². The average Bonchev–Trinajstić information content (AvgIpc) is 2.89. The molecule has 1 atom stereocenters. The zero-order valence-electron chi connectivity index (χ0n) is 12.2. The van der Waals surface area contributed by atoms with Gasteiger partial charge >= 0.3 is 0 Å². The lowest BCUT2D eigenvalue weighted by Gasteiger charge is -2.34. The Kier molecular flexibility index (Phi) is 3.47. The van der Waals surface area contributed by atoms with Gasteiger partial charge in [0.1, 0.15) is 11.3 Å². The molecule has 1 saturated heterocycles. The number of carbonyl (C=O) groups excluding carboxylic acids is 1. The van der Waals surface area contributed by atoms with Gasteiger partial charge in [0, 0.05) is 25.0 Å². The Balaban J connectivity index is 1.91. The molecule has 2 aromatic heterocycles. The molecule has 1 aliphatic heterocycles. The van der Waals surface area contributed by atoms with Gasteiger partial charge in [-0.1, -0.05) is 6.92 Å². The van der Waals surface area contributed by atoms with Crippen LogP contribution in [0.1, 0.15) is 48.7 Å². The highest BCUT2D eigenvalue weighted by molar-refractivity contribution is 5.93. The molecule has 0 aliphatic carbocycles. The van der Waals surface area contributed by atoms with Crippen molar-refractivity contribution in [3.05, 3.63) is 35.8 Å². The Labute approximate surface area is 119 Å². The topological polar surface area (TPSA) is 37.6 Å². The second-order valence-electron chi connectivity index (χ2n) is 5.65. The number of imidazole rings is 1. The monoisotopic (exact) mass is 271 g/mol. The Morgan fingerprint density at radius 1 is 1.45 bits per heavy atom. The van der Waals surface area contributed by atoms with E-state index in [1.807, 2.05) is 40.8 Å². The van der Waals surface area contributed by atoms with Gasteiger partial charge in [-0.3, -0.25) is 4.79 Å². The van der Waals surface area contributed by atoms with Gasteiger partial charge in [-0.05, 0) is 50.3 Å². The third kappa shape index (κ3) is 2.30. The maximum Gasteiger partial charge on any atom is 0.274 e. The molecule has 4 heteroatoms. The lowest BCUT2D eigenvalue weighted by atomic mass is 10.00. The highest BCUT2D eigenvalue weighted by Gasteiger charge is 2.27. The van der Waals surface area contributed by atoms with E-state index in [0.717, 1.165) is 37.0 Å². The summed E-state index contributed by atoms with van der Waals surface area (Å²) in [5.74, 6) is 0.0814. The van der Waals surface area contributed by atoms with E-state index in [4.69, 9.17) is 0 Å². The number of rotatable bonds is 2. The number of carbonyl (C=O) groups is 1. The van der Waals surface area contributed by atoms with E-state index in [2.05, 4.69) is 11.9 Å². The van der Waals surface area contributed by atoms with Crippen molar-refractivity contribution in [3.8, 4) is 0 Å².